The van der Waals surface area contributed by atoms with E-state index in [2.05, 4.69) is 33.1 Å². The molecule has 0 saturated heterocycles. The van der Waals surface area contributed by atoms with Crippen molar-refractivity contribution in [1.82, 2.24) is 5.32 Å². The molecular weight excluding hydrogens is 170 g/mol. The second-order valence-electron chi connectivity index (χ2n) is 4.10. The Bertz CT molecular complexity index is 89.2. The van der Waals surface area contributed by atoms with Crippen LogP contribution in [0.3, 0.4) is 0 Å². The maximum absolute atomic E-state index is 3.39. The first-order valence-electron chi connectivity index (χ1n) is 6.38. The van der Waals surface area contributed by atoms with E-state index in [4.69, 9.17) is 0 Å². The maximum Gasteiger partial charge on any atom is 0.00641 e. The molecule has 1 unspecified atom stereocenters. The average Bonchev–Trinajstić information content (AvgIpc) is 2.21. The zero-order valence-electron chi connectivity index (χ0n) is 11.2. The van der Waals surface area contributed by atoms with E-state index in [9.17, 15) is 0 Å². The third-order valence-electron chi connectivity index (χ3n) is 2.41. The number of unbranched alkanes of at least 4 members (excludes halogenated alkanes) is 1. The summed E-state index contributed by atoms with van der Waals surface area (Å²) in [5, 5.41) is 3.39. The van der Waals surface area contributed by atoms with Gasteiger partial charge in [-0.3, -0.25) is 0 Å². The van der Waals surface area contributed by atoms with E-state index in [-0.39, 0.29) is 0 Å². The molecule has 0 rings (SSSR count). The number of nitrogens with one attached hydrogen (secondary N) is 1. The Kier molecular flexibility index (Phi) is 15.2. The molecule has 1 N–H and O–H groups in total. The zero-order chi connectivity index (χ0) is 11.4. The molecule has 0 bridgehead atoms. The van der Waals surface area contributed by atoms with Crippen molar-refractivity contribution in [3.8, 4) is 0 Å². The third kappa shape index (κ3) is 12.0. The summed E-state index contributed by atoms with van der Waals surface area (Å²) in [5.41, 5.74) is 0. The van der Waals surface area contributed by atoms with Gasteiger partial charge in [0.2, 0.25) is 0 Å². The van der Waals surface area contributed by atoms with Gasteiger partial charge in [-0.1, -0.05) is 47.5 Å². The molecular formula is C13H31N. The minimum absolute atomic E-state index is 0.757. The Morgan fingerprint density at radius 3 is 1.93 bits per heavy atom. The molecule has 0 aromatic carbocycles. The van der Waals surface area contributed by atoms with Gasteiger partial charge in [0.1, 0.15) is 0 Å². The molecule has 0 heterocycles. The summed E-state index contributed by atoms with van der Waals surface area (Å²) >= 11 is 0. The molecule has 1 heteroatoms. The summed E-state index contributed by atoms with van der Waals surface area (Å²) in [6, 6.07) is 0.757. The highest BCUT2D eigenvalue weighted by molar-refractivity contribution is 4.64. The van der Waals surface area contributed by atoms with Gasteiger partial charge in [-0.2, -0.15) is 0 Å². The van der Waals surface area contributed by atoms with Crippen LogP contribution in [0, 0.1) is 5.92 Å². The topological polar surface area (TPSA) is 12.0 Å². The second kappa shape index (κ2) is 13.0. The highest BCUT2D eigenvalue weighted by atomic mass is 14.9. The minimum atomic E-state index is 0.757. The number of hydrogen-bond donors (Lipinski definition) is 1. The lowest BCUT2D eigenvalue weighted by Crippen LogP contribution is -2.25. The quantitative estimate of drug-likeness (QED) is 0.650. The summed E-state index contributed by atoms with van der Waals surface area (Å²) in [7, 11) is 2.08. The molecule has 0 aliphatic rings. The summed E-state index contributed by atoms with van der Waals surface area (Å²) < 4.78 is 0. The highest BCUT2D eigenvalue weighted by Crippen LogP contribution is 2.11. The van der Waals surface area contributed by atoms with E-state index in [1.807, 2.05) is 13.8 Å². The van der Waals surface area contributed by atoms with Gasteiger partial charge < -0.3 is 5.32 Å². The fraction of sp³-hybridized carbons (Fsp3) is 1.00. The van der Waals surface area contributed by atoms with Gasteiger partial charge >= 0.3 is 0 Å². The van der Waals surface area contributed by atoms with Gasteiger partial charge in [0.25, 0.3) is 0 Å². The van der Waals surface area contributed by atoms with Gasteiger partial charge in [-0.05, 0) is 32.2 Å². The predicted octanol–water partition coefficient (Wildman–Crippen LogP) is 4.23. The molecule has 0 aliphatic heterocycles. The Morgan fingerprint density at radius 2 is 1.57 bits per heavy atom. The fourth-order valence-corrected chi connectivity index (χ4v) is 1.42. The molecule has 1 atom stereocenters. The molecule has 0 saturated carbocycles. The first-order chi connectivity index (χ1) is 6.70. The number of hydrogen-bond acceptors (Lipinski definition) is 1. The molecule has 14 heavy (non-hydrogen) atoms. The molecule has 0 aromatic heterocycles. The van der Waals surface area contributed by atoms with Gasteiger partial charge in [-0.25, -0.2) is 0 Å². The van der Waals surface area contributed by atoms with Crippen LogP contribution in [0.15, 0.2) is 0 Å². The standard InChI is InChI=1S/C11H25N.C2H6/c1-5-6-7-11(12-4)9-8-10(2)3;1-2/h10-12H,5-9H2,1-4H3;1-2H3. The van der Waals surface area contributed by atoms with Crippen molar-refractivity contribution in [3.05, 3.63) is 0 Å². The summed E-state index contributed by atoms with van der Waals surface area (Å²) in [6.07, 6.45) is 6.73. The van der Waals surface area contributed by atoms with E-state index in [0.717, 1.165) is 12.0 Å². The number of rotatable bonds is 7. The SMILES string of the molecule is CC.CCCCC(CCC(C)C)NC. The highest BCUT2D eigenvalue weighted by Gasteiger charge is 2.05. The van der Waals surface area contributed by atoms with Crippen molar-refractivity contribution in [2.45, 2.75) is 72.8 Å². The predicted molar refractivity (Wildman–Crippen MR) is 67.8 cm³/mol. The van der Waals surface area contributed by atoms with Gasteiger partial charge in [0.15, 0.2) is 0 Å². The van der Waals surface area contributed by atoms with E-state index in [0.29, 0.717) is 0 Å². The van der Waals surface area contributed by atoms with Crippen molar-refractivity contribution in [2.24, 2.45) is 5.92 Å². The van der Waals surface area contributed by atoms with E-state index >= 15 is 0 Å². The van der Waals surface area contributed by atoms with Crippen molar-refractivity contribution in [1.29, 1.82) is 0 Å². The first-order valence-corrected chi connectivity index (χ1v) is 6.38. The van der Waals surface area contributed by atoms with E-state index in [1.165, 1.54) is 32.1 Å². The van der Waals surface area contributed by atoms with Crippen LogP contribution in [-0.2, 0) is 0 Å². The lowest BCUT2D eigenvalue weighted by Gasteiger charge is -2.16. The van der Waals surface area contributed by atoms with Crippen molar-refractivity contribution in [3.63, 3.8) is 0 Å². The van der Waals surface area contributed by atoms with Crippen molar-refractivity contribution >= 4 is 0 Å². The Labute approximate surface area is 91.7 Å². The molecule has 0 spiro atoms. The molecule has 88 valence electrons. The van der Waals surface area contributed by atoms with Crippen LogP contribution >= 0.6 is 0 Å². The molecule has 0 aromatic rings. The Morgan fingerprint density at radius 1 is 1.00 bits per heavy atom. The zero-order valence-corrected chi connectivity index (χ0v) is 11.2. The summed E-state index contributed by atoms with van der Waals surface area (Å²) in [5.74, 6) is 0.850. The smallest absolute Gasteiger partial charge is 0.00641 e. The van der Waals surface area contributed by atoms with E-state index < -0.39 is 0 Å². The van der Waals surface area contributed by atoms with Crippen molar-refractivity contribution in [2.75, 3.05) is 7.05 Å². The monoisotopic (exact) mass is 201 g/mol. The van der Waals surface area contributed by atoms with Crippen molar-refractivity contribution < 1.29 is 0 Å². The van der Waals surface area contributed by atoms with Crippen LogP contribution in [0.25, 0.3) is 0 Å². The van der Waals surface area contributed by atoms with Crippen LogP contribution < -0.4 is 5.32 Å². The lowest BCUT2D eigenvalue weighted by molar-refractivity contribution is 0.423. The van der Waals surface area contributed by atoms with Crippen LogP contribution in [0.5, 0.6) is 0 Å². The lowest BCUT2D eigenvalue weighted by atomic mass is 10.00. The maximum atomic E-state index is 3.39. The average molecular weight is 201 g/mol. The minimum Gasteiger partial charge on any atom is -0.317 e. The largest absolute Gasteiger partial charge is 0.317 e. The summed E-state index contributed by atoms with van der Waals surface area (Å²) in [6.45, 7) is 10.9. The summed E-state index contributed by atoms with van der Waals surface area (Å²) in [4.78, 5) is 0. The van der Waals surface area contributed by atoms with Crippen LogP contribution in [-0.4, -0.2) is 13.1 Å². The van der Waals surface area contributed by atoms with E-state index in [1.54, 1.807) is 0 Å². The Hall–Kier alpha value is -0.0400. The van der Waals surface area contributed by atoms with Gasteiger partial charge in [0, 0.05) is 6.04 Å². The normalized spacial score (nSPS) is 12.2. The van der Waals surface area contributed by atoms with Crippen LogP contribution in [0.4, 0.5) is 0 Å². The molecule has 0 aliphatic carbocycles. The van der Waals surface area contributed by atoms with Crippen LogP contribution in [0.2, 0.25) is 0 Å². The van der Waals surface area contributed by atoms with Crippen LogP contribution in [0.1, 0.15) is 66.7 Å². The Balaban J connectivity index is 0. The van der Waals surface area contributed by atoms with Gasteiger partial charge in [0.05, 0.1) is 0 Å². The third-order valence-corrected chi connectivity index (χ3v) is 2.41. The second-order valence-corrected chi connectivity index (χ2v) is 4.10. The molecule has 0 radical (unpaired) electrons. The molecule has 0 amide bonds. The van der Waals surface area contributed by atoms with Gasteiger partial charge in [-0.15, -0.1) is 0 Å². The fourth-order valence-electron chi connectivity index (χ4n) is 1.42. The molecule has 1 nitrogen and oxygen atoms in total. The molecule has 0 fully saturated rings. The first kappa shape index (κ1) is 16.4.